The third kappa shape index (κ3) is 4.24. The Labute approximate surface area is 143 Å². The highest BCUT2D eigenvalue weighted by molar-refractivity contribution is 8.00. The van der Waals surface area contributed by atoms with Crippen LogP contribution in [0.2, 0.25) is 5.15 Å². The highest BCUT2D eigenvalue weighted by Crippen LogP contribution is 2.22. The van der Waals surface area contributed by atoms with Gasteiger partial charge in [0.15, 0.2) is 0 Å². The van der Waals surface area contributed by atoms with Gasteiger partial charge in [-0.05, 0) is 24.3 Å². The van der Waals surface area contributed by atoms with E-state index in [1.807, 2.05) is 60.7 Å². The first kappa shape index (κ1) is 15.8. The first-order valence-corrected chi connectivity index (χ1v) is 8.46. The van der Waals surface area contributed by atoms with E-state index < -0.39 is 0 Å². The average molecular weight is 344 g/mol. The molecule has 0 aliphatic rings. The summed E-state index contributed by atoms with van der Waals surface area (Å²) in [6, 6.07) is 19.3. The summed E-state index contributed by atoms with van der Waals surface area (Å²) < 4.78 is 5.30. The van der Waals surface area contributed by atoms with E-state index in [1.165, 1.54) is 11.8 Å². The minimum Gasteiger partial charge on any atom is -0.460 e. The van der Waals surface area contributed by atoms with Crippen molar-refractivity contribution in [1.29, 1.82) is 0 Å². The van der Waals surface area contributed by atoms with Crippen LogP contribution in [0.3, 0.4) is 0 Å². The van der Waals surface area contributed by atoms with Crippen molar-refractivity contribution in [3.05, 3.63) is 71.4 Å². The number of hydrogen-bond acceptors (Lipinski definition) is 4. The molecule has 0 unspecified atom stereocenters. The Morgan fingerprint density at radius 3 is 2.65 bits per heavy atom. The molecule has 0 N–H and O–H groups in total. The average Bonchev–Trinajstić information content (AvgIpc) is 2.59. The largest absolute Gasteiger partial charge is 0.460 e. The number of ether oxygens (including phenoxy) is 1. The molecular weight excluding hydrogens is 330 g/mol. The lowest BCUT2D eigenvalue weighted by molar-refractivity contribution is -0.141. The summed E-state index contributed by atoms with van der Waals surface area (Å²) in [6.07, 6.45) is 0. The van der Waals surface area contributed by atoms with Crippen molar-refractivity contribution in [1.82, 2.24) is 4.98 Å². The van der Waals surface area contributed by atoms with E-state index in [1.54, 1.807) is 0 Å². The molecule has 2 aromatic carbocycles. The van der Waals surface area contributed by atoms with Crippen molar-refractivity contribution in [3.8, 4) is 0 Å². The monoisotopic (exact) mass is 343 g/mol. The molecule has 0 amide bonds. The van der Waals surface area contributed by atoms with Crippen LogP contribution in [0.15, 0.2) is 65.6 Å². The van der Waals surface area contributed by atoms with Gasteiger partial charge in [0, 0.05) is 15.8 Å². The Balaban J connectivity index is 1.59. The van der Waals surface area contributed by atoms with Crippen molar-refractivity contribution in [2.24, 2.45) is 0 Å². The smallest absolute Gasteiger partial charge is 0.316 e. The summed E-state index contributed by atoms with van der Waals surface area (Å²) >= 11 is 7.60. The normalized spacial score (nSPS) is 10.7. The fraction of sp³-hybridized carbons (Fsp3) is 0.111. The summed E-state index contributed by atoms with van der Waals surface area (Å²) in [6.45, 7) is 0.130. The van der Waals surface area contributed by atoms with Gasteiger partial charge in [-0.2, -0.15) is 0 Å². The molecule has 0 spiro atoms. The van der Waals surface area contributed by atoms with Crippen LogP contribution in [0.5, 0.6) is 0 Å². The standard InChI is InChI=1S/C18H14ClNO2S/c19-18-14(10-13-6-4-5-9-16(13)20-18)11-22-17(21)12-23-15-7-2-1-3-8-15/h1-10H,11-12H2. The van der Waals surface area contributed by atoms with Gasteiger partial charge >= 0.3 is 5.97 Å². The second-order valence-electron chi connectivity index (χ2n) is 4.89. The molecule has 0 radical (unpaired) electrons. The minimum absolute atomic E-state index is 0.130. The first-order valence-electron chi connectivity index (χ1n) is 7.10. The van der Waals surface area contributed by atoms with Crippen molar-refractivity contribution >= 4 is 40.2 Å². The summed E-state index contributed by atoms with van der Waals surface area (Å²) in [7, 11) is 0. The number of rotatable bonds is 5. The van der Waals surface area contributed by atoms with Crippen LogP contribution in [-0.2, 0) is 16.1 Å². The van der Waals surface area contributed by atoms with Gasteiger partial charge in [-0.3, -0.25) is 4.79 Å². The van der Waals surface area contributed by atoms with Crippen LogP contribution in [0, 0.1) is 0 Å². The number of esters is 1. The van der Waals surface area contributed by atoms with Gasteiger partial charge in [0.05, 0.1) is 11.3 Å². The fourth-order valence-electron chi connectivity index (χ4n) is 2.10. The van der Waals surface area contributed by atoms with Crippen molar-refractivity contribution in [2.45, 2.75) is 11.5 Å². The first-order chi connectivity index (χ1) is 11.2. The molecule has 1 heterocycles. The van der Waals surface area contributed by atoms with Gasteiger partial charge in [-0.1, -0.05) is 48.0 Å². The molecule has 0 aliphatic carbocycles. The summed E-state index contributed by atoms with van der Waals surface area (Å²) in [4.78, 5) is 17.2. The lowest BCUT2D eigenvalue weighted by Crippen LogP contribution is -2.07. The van der Waals surface area contributed by atoms with E-state index in [9.17, 15) is 4.79 Å². The Bertz CT molecular complexity index is 824. The van der Waals surface area contributed by atoms with Crippen LogP contribution in [0.1, 0.15) is 5.56 Å². The zero-order chi connectivity index (χ0) is 16.1. The maximum atomic E-state index is 11.9. The molecule has 0 saturated heterocycles. The number of fused-ring (bicyclic) bond motifs is 1. The lowest BCUT2D eigenvalue weighted by Gasteiger charge is -2.08. The number of hydrogen-bond donors (Lipinski definition) is 0. The number of carbonyl (C=O) groups is 1. The van der Waals surface area contributed by atoms with Gasteiger partial charge in [0.25, 0.3) is 0 Å². The number of thioether (sulfide) groups is 1. The molecule has 116 valence electrons. The summed E-state index contributed by atoms with van der Waals surface area (Å²) in [5, 5.41) is 1.34. The van der Waals surface area contributed by atoms with Crippen LogP contribution >= 0.6 is 23.4 Å². The third-order valence-corrected chi connectivity index (χ3v) is 4.55. The fourth-order valence-corrected chi connectivity index (χ4v) is 3.01. The number of para-hydroxylation sites is 1. The van der Waals surface area contributed by atoms with Gasteiger partial charge in [-0.15, -0.1) is 11.8 Å². The molecule has 1 aromatic heterocycles. The third-order valence-electron chi connectivity index (χ3n) is 3.24. The Morgan fingerprint density at radius 2 is 1.83 bits per heavy atom. The van der Waals surface area contributed by atoms with Crippen molar-refractivity contribution in [2.75, 3.05) is 5.75 Å². The van der Waals surface area contributed by atoms with Crippen molar-refractivity contribution < 1.29 is 9.53 Å². The van der Waals surface area contributed by atoms with Gasteiger partial charge < -0.3 is 4.74 Å². The van der Waals surface area contributed by atoms with Gasteiger partial charge in [-0.25, -0.2) is 4.98 Å². The van der Waals surface area contributed by atoms with Crippen LogP contribution in [0.25, 0.3) is 10.9 Å². The molecular formula is C18H14ClNO2S. The molecule has 23 heavy (non-hydrogen) atoms. The van der Waals surface area contributed by atoms with E-state index in [-0.39, 0.29) is 18.3 Å². The number of nitrogens with zero attached hydrogens (tertiary/aromatic N) is 1. The zero-order valence-corrected chi connectivity index (χ0v) is 13.8. The van der Waals surface area contributed by atoms with E-state index in [2.05, 4.69) is 4.98 Å². The maximum absolute atomic E-state index is 11.9. The van der Waals surface area contributed by atoms with Gasteiger partial charge in [0.1, 0.15) is 11.8 Å². The number of halogens is 1. The minimum atomic E-state index is -0.275. The molecule has 3 rings (SSSR count). The summed E-state index contributed by atoms with van der Waals surface area (Å²) in [5.74, 6) is -0.00842. The Morgan fingerprint density at radius 1 is 1.09 bits per heavy atom. The van der Waals surface area contributed by atoms with Crippen molar-refractivity contribution in [3.63, 3.8) is 0 Å². The number of pyridine rings is 1. The Hall–Kier alpha value is -2.04. The lowest BCUT2D eigenvalue weighted by atomic mass is 10.2. The molecule has 0 bridgehead atoms. The maximum Gasteiger partial charge on any atom is 0.316 e. The molecule has 3 aromatic rings. The highest BCUT2D eigenvalue weighted by Gasteiger charge is 2.09. The van der Waals surface area contributed by atoms with E-state index in [0.717, 1.165) is 15.8 Å². The molecule has 3 nitrogen and oxygen atoms in total. The highest BCUT2D eigenvalue weighted by atomic mass is 35.5. The second kappa shape index (κ2) is 7.49. The van der Waals surface area contributed by atoms with Crippen LogP contribution < -0.4 is 0 Å². The van der Waals surface area contributed by atoms with E-state index >= 15 is 0 Å². The van der Waals surface area contributed by atoms with E-state index in [0.29, 0.717) is 10.7 Å². The summed E-state index contributed by atoms with van der Waals surface area (Å²) in [5.41, 5.74) is 1.54. The molecule has 0 atom stereocenters. The number of benzene rings is 2. The SMILES string of the molecule is O=C(CSc1ccccc1)OCc1cc2ccccc2nc1Cl. The van der Waals surface area contributed by atoms with Gasteiger partial charge in [0.2, 0.25) is 0 Å². The Kier molecular flexibility index (Phi) is 5.16. The molecule has 5 heteroatoms. The molecule has 0 aliphatic heterocycles. The predicted octanol–water partition coefficient (Wildman–Crippen LogP) is 4.72. The van der Waals surface area contributed by atoms with E-state index in [4.69, 9.17) is 16.3 Å². The number of aromatic nitrogens is 1. The van der Waals surface area contributed by atoms with Crippen LogP contribution in [-0.4, -0.2) is 16.7 Å². The topological polar surface area (TPSA) is 39.2 Å². The molecule has 0 saturated carbocycles. The predicted molar refractivity (Wildman–Crippen MR) is 93.7 cm³/mol. The zero-order valence-electron chi connectivity index (χ0n) is 12.2. The van der Waals surface area contributed by atoms with Crippen LogP contribution in [0.4, 0.5) is 0 Å². The number of carbonyl (C=O) groups excluding carboxylic acids is 1. The second-order valence-corrected chi connectivity index (χ2v) is 6.30. The molecule has 0 fully saturated rings. The quantitative estimate of drug-likeness (QED) is 0.381.